The molecule has 7 heteroatoms. The number of fused-ring (bicyclic) bond motifs is 1. The van der Waals surface area contributed by atoms with Crippen LogP contribution in [0.3, 0.4) is 0 Å². The van der Waals surface area contributed by atoms with Crippen LogP contribution in [0, 0.1) is 6.92 Å². The number of hydrogen-bond donors (Lipinski definition) is 1. The van der Waals surface area contributed by atoms with Gasteiger partial charge in [-0.2, -0.15) is 0 Å². The van der Waals surface area contributed by atoms with Crippen LogP contribution in [0.1, 0.15) is 29.8 Å². The van der Waals surface area contributed by atoms with Gasteiger partial charge in [-0.15, -0.1) is 0 Å². The monoisotopic (exact) mass is 381 g/mol. The number of benzene rings is 2. The lowest BCUT2D eigenvalue weighted by Gasteiger charge is -2.16. The van der Waals surface area contributed by atoms with Crippen molar-refractivity contribution in [2.75, 3.05) is 12.4 Å². The van der Waals surface area contributed by atoms with Crippen molar-refractivity contribution in [3.05, 3.63) is 68.2 Å². The predicted octanol–water partition coefficient (Wildman–Crippen LogP) is 2.77. The first-order valence-electron chi connectivity index (χ1n) is 9.14. The Hall–Kier alpha value is -3.35. The van der Waals surface area contributed by atoms with Crippen LogP contribution in [-0.4, -0.2) is 22.2 Å². The van der Waals surface area contributed by atoms with Crippen molar-refractivity contribution in [3.8, 4) is 5.75 Å². The minimum absolute atomic E-state index is 0.282. The number of carbonyl (C=O) groups excluding carboxylic acids is 1. The second-order valence-electron chi connectivity index (χ2n) is 6.44. The molecule has 1 N–H and O–H groups in total. The number of methoxy groups -OCH3 is 1. The summed E-state index contributed by atoms with van der Waals surface area (Å²) in [7, 11) is 1.54. The molecule has 1 amide bonds. The van der Waals surface area contributed by atoms with Gasteiger partial charge in [-0.3, -0.25) is 14.4 Å². The number of amides is 1. The van der Waals surface area contributed by atoms with Crippen LogP contribution < -0.4 is 21.2 Å². The van der Waals surface area contributed by atoms with Crippen LogP contribution >= 0.6 is 0 Å². The van der Waals surface area contributed by atoms with E-state index in [1.165, 1.54) is 9.13 Å². The lowest BCUT2D eigenvalue weighted by atomic mass is 10.1. The molecule has 0 atom stereocenters. The smallest absolute Gasteiger partial charge is 0.316 e. The van der Waals surface area contributed by atoms with Crippen LogP contribution in [0.4, 0.5) is 5.69 Å². The van der Waals surface area contributed by atoms with Gasteiger partial charge in [-0.05, 0) is 56.7 Å². The van der Waals surface area contributed by atoms with Gasteiger partial charge in [0.05, 0.1) is 18.1 Å². The molecule has 146 valence electrons. The third-order valence-electron chi connectivity index (χ3n) is 4.79. The summed E-state index contributed by atoms with van der Waals surface area (Å²) in [6, 6.07) is 10.4. The van der Waals surface area contributed by atoms with E-state index >= 15 is 0 Å². The topological polar surface area (TPSA) is 82.3 Å². The quantitative estimate of drug-likeness (QED) is 0.689. The second kappa shape index (κ2) is 7.72. The largest absolute Gasteiger partial charge is 0.497 e. The zero-order valence-corrected chi connectivity index (χ0v) is 16.4. The Morgan fingerprint density at radius 2 is 1.61 bits per heavy atom. The average molecular weight is 381 g/mol. The molecular weight excluding hydrogens is 358 g/mol. The minimum atomic E-state index is -0.564. The first-order valence-corrected chi connectivity index (χ1v) is 9.14. The molecule has 28 heavy (non-hydrogen) atoms. The third-order valence-corrected chi connectivity index (χ3v) is 4.79. The number of hydrogen-bond acceptors (Lipinski definition) is 4. The van der Waals surface area contributed by atoms with Crippen molar-refractivity contribution >= 4 is 22.6 Å². The van der Waals surface area contributed by atoms with Gasteiger partial charge in [-0.1, -0.05) is 6.07 Å². The summed E-state index contributed by atoms with van der Waals surface area (Å²) in [5, 5.41) is 2.90. The van der Waals surface area contributed by atoms with Crippen molar-refractivity contribution in [2.45, 2.75) is 33.9 Å². The van der Waals surface area contributed by atoms with Gasteiger partial charge in [-0.25, -0.2) is 0 Å². The van der Waals surface area contributed by atoms with Gasteiger partial charge in [0.2, 0.25) is 0 Å². The van der Waals surface area contributed by atoms with E-state index in [1.54, 1.807) is 37.4 Å². The number of ether oxygens (including phenoxy) is 1. The molecule has 7 nitrogen and oxygen atoms in total. The summed E-state index contributed by atoms with van der Waals surface area (Å²) in [6.45, 7) is 6.24. The van der Waals surface area contributed by atoms with Crippen LogP contribution in [0.15, 0.2) is 46.0 Å². The lowest BCUT2D eigenvalue weighted by molar-refractivity contribution is 0.102. The van der Waals surface area contributed by atoms with E-state index in [1.807, 2.05) is 26.8 Å². The zero-order chi connectivity index (χ0) is 20.4. The van der Waals surface area contributed by atoms with E-state index in [2.05, 4.69) is 5.32 Å². The first kappa shape index (κ1) is 19.4. The maximum Gasteiger partial charge on any atom is 0.316 e. The summed E-state index contributed by atoms with van der Waals surface area (Å²) < 4.78 is 8.06. The standard InChI is InChI=1S/C21H23N3O4/c1-5-23-17-10-13(3)16(12-18(17)24(6-2)21(27)20(23)26)22-19(25)14-8-7-9-15(11-14)28-4/h7-12H,5-6H2,1-4H3,(H,22,25). The summed E-state index contributed by atoms with van der Waals surface area (Å²) in [4.78, 5) is 37.5. The molecule has 0 bridgehead atoms. The third kappa shape index (κ3) is 3.31. The maximum absolute atomic E-state index is 12.7. The van der Waals surface area contributed by atoms with Gasteiger partial charge < -0.3 is 19.2 Å². The molecule has 1 aromatic heterocycles. The number of rotatable bonds is 5. The van der Waals surface area contributed by atoms with Crippen LogP contribution in [0.5, 0.6) is 5.75 Å². The van der Waals surface area contributed by atoms with Crippen molar-refractivity contribution in [3.63, 3.8) is 0 Å². The highest BCUT2D eigenvalue weighted by molar-refractivity contribution is 6.05. The highest BCUT2D eigenvalue weighted by atomic mass is 16.5. The minimum Gasteiger partial charge on any atom is -0.497 e. The summed E-state index contributed by atoms with van der Waals surface area (Å²) in [5.41, 5.74) is 2.03. The molecule has 2 aromatic carbocycles. The molecule has 0 aliphatic carbocycles. The highest BCUT2D eigenvalue weighted by Gasteiger charge is 2.15. The summed E-state index contributed by atoms with van der Waals surface area (Å²) in [6.07, 6.45) is 0. The molecule has 0 saturated heterocycles. The van der Waals surface area contributed by atoms with Gasteiger partial charge in [0.25, 0.3) is 5.91 Å². The molecule has 0 radical (unpaired) electrons. The normalized spacial score (nSPS) is 10.9. The zero-order valence-electron chi connectivity index (χ0n) is 16.4. The Morgan fingerprint density at radius 3 is 2.18 bits per heavy atom. The van der Waals surface area contributed by atoms with Crippen LogP contribution in [0.25, 0.3) is 11.0 Å². The highest BCUT2D eigenvalue weighted by Crippen LogP contribution is 2.23. The number of anilines is 1. The molecule has 3 rings (SSSR count). The van der Waals surface area contributed by atoms with E-state index in [9.17, 15) is 14.4 Å². The van der Waals surface area contributed by atoms with Gasteiger partial charge in [0, 0.05) is 24.3 Å². The van der Waals surface area contributed by atoms with E-state index in [4.69, 9.17) is 4.74 Å². The number of nitrogens with zero attached hydrogens (tertiary/aromatic N) is 2. The number of aromatic nitrogens is 2. The van der Waals surface area contributed by atoms with E-state index in [-0.39, 0.29) is 5.91 Å². The fraction of sp³-hybridized carbons (Fsp3) is 0.286. The van der Waals surface area contributed by atoms with Crippen molar-refractivity contribution < 1.29 is 9.53 Å². The number of carbonyl (C=O) groups is 1. The average Bonchev–Trinajstić information content (AvgIpc) is 2.70. The van der Waals surface area contributed by atoms with Crippen molar-refractivity contribution in [1.29, 1.82) is 0 Å². The fourth-order valence-electron chi connectivity index (χ4n) is 3.28. The molecular formula is C21H23N3O4. The van der Waals surface area contributed by atoms with Gasteiger partial charge in [0.1, 0.15) is 5.75 Å². The predicted molar refractivity (Wildman–Crippen MR) is 110 cm³/mol. The molecule has 0 fully saturated rings. The maximum atomic E-state index is 12.7. The molecule has 0 aliphatic heterocycles. The van der Waals surface area contributed by atoms with E-state index in [0.717, 1.165) is 5.56 Å². The molecule has 0 unspecified atom stereocenters. The van der Waals surface area contributed by atoms with Crippen molar-refractivity contribution in [2.24, 2.45) is 0 Å². The van der Waals surface area contributed by atoms with Gasteiger partial charge in [0.15, 0.2) is 0 Å². The molecule has 1 heterocycles. The Kier molecular flexibility index (Phi) is 5.35. The number of nitrogens with one attached hydrogen (secondary N) is 1. The second-order valence-corrected chi connectivity index (χ2v) is 6.44. The first-order chi connectivity index (χ1) is 13.4. The number of aryl methyl sites for hydroxylation is 3. The molecule has 3 aromatic rings. The Labute approximate surface area is 162 Å². The Bertz CT molecular complexity index is 1170. The molecule has 0 saturated carbocycles. The summed E-state index contributed by atoms with van der Waals surface area (Å²) in [5.74, 6) is 0.310. The lowest BCUT2D eigenvalue weighted by Crippen LogP contribution is -2.41. The SMILES string of the molecule is CCn1c(=O)c(=O)n(CC)c2cc(NC(=O)c3cccc(OC)c3)c(C)cc21. The van der Waals surface area contributed by atoms with E-state index < -0.39 is 11.1 Å². The molecule has 0 spiro atoms. The van der Waals surface area contributed by atoms with E-state index in [0.29, 0.717) is 41.1 Å². The van der Waals surface area contributed by atoms with Gasteiger partial charge >= 0.3 is 11.1 Å². The molecule has 0 aliphatic rings. The Balaban J connectivity index is 2.13. The Morgan fingerprint density at radius 1 is 1.00 bits per heavy atom. The van der Waals surface area contributed by atoms with Crippen molar-refractivity contribution in [1.82, 2.24) is 9.13 Å². The van der Waals surface area contributed by atoms with Crippen LogP contribution in [-0.2, 0) is 13.1 Å². The summed E-state index contributed by atoms with van der Waals surface area (Å²) >= 11 is 0. The van der Waals surface area contributed by atoms with Crippen LogP contribution in [0.2, 0.25) is 0 Å². The fourth-order valence-corrected chi connectivity index (χ4v) is 3.28.